The molecule has 2 aromatic heterocycles. The summed E-state index contributed by atoms with van der Waals surface area (Å²) in [6.45, 7) is 4.12. The molecule has 0 aliphatic carbocycles. The van der Waals surface area contributed by atoms with E-state index in [2.05, 4.69) is 24.8 Å². The van der Waals surface area contributed by atoms with Gasteiger partial charge >= 0.3 is 0 Å². The van der Waals surface area contributed by atoms with Gasteiger partial charge in [-0.05, 0) is 25.7 Å². The highest BCUT2D eigenvalue weighted by Crippen LogP contribution is 2.30. The van der Waals surface area contributed by atoms with Crippen LogP contribution in [0, 0.1) is 12.8 Å². The predicted octanol–water partition coefficient (Wildman–Crippen LogP) is 1.60. The molecule has 7 nitrogen and oxygen atoms in total. The minimum atomic E-state index is -0.525. The van der Waals surface area contributed by atoms with Crippen molar-refractivity contribution < 1.29 is 9.84 Å². The zero-order valence-corrected chi connectivity index (χ0v) is 13.6. The Morgan fingerprint density at radius 2 is 2.17 bits per heavy atom. The quantitative estimate of drug-likeness (QED) is 0.871. The van der Waals surface area contributed by atoms with Gasteiger partial charge in [0.2, 0.25) is 0 Å². The van der Waals surface area contributed by atoms with Crippen LogP contribution in [0.1, 0.15) is 36.3 Å². The minimum absolute atomic E-state index is 0.221. The summed E-state index contributed by atoms with van der Waals surface area (Å²) in [5, 5.41) is 10.4. The van der Waals surface area contributed by atoms with Gasteiger partial charge in [0.1, 0.15) is 24.4 Å². The summed E-state index contributed by atoms with van der Waals surface area (Å²) in [4.78, 5) is 18.4. The van der Waals surface area contributed by atoms with Gasteiger partial charge in [-0.25, -0.2) is 15.0 Å². The van der Waals surface area contributed by atoms with Gasteiger partial charge in [-0.3, -0.25) is 0 Å². The van der Waals surface area contributed by atoms with E-state index in [4.69, 9.17) is 4.74 Å². The van der Waals surface area contributed by atoms with Gasteiger partial charge in [-0.2, -0.15) is 0 Å². The Morgan fingerprint density at radius 1 is 1.39 bits per heavy atom. The highest BCUT2D eigenvalue weighted by atomic mass is 16.5. The zero-order valence-electron chi connectivity index (χ0n) is 13.6. The number of hydrogen-bond acceptors (Lipinski definition) is 6. The molecule has 1 aliphatic rings. The molecule has 1 fully saturated rings. The van der Waals surface area contributed by atoms with Gasteiger partial charge in [-0.15, -0.1) is 0 Å². The predicted molar refractivity (Wildman–Crippen MR) is 86.0 cm³/mol. The molecule has 3 rings (SSSR count). The van der Waals surface area contributed by atoms with E-state index < -0.39 is 6.10 Å². The number of H-pyrrole nitrogens is 1. The number of aromatic nitrogens is 4. The Labute approximate surface area is 135 Å². The van der Waals surface area contributed by atoms with E-state index in [1.54, 1.807) is 19.5 Å². The number of piperidine rings is 1. The normalized spacial score (nSPS) is 17.4. The summed E-state index contributed by atoms with van der Waals surface area (Å²) in [6.07, 6.45) is 4.71. The molecule has 2 N–H and O–H groups in total. The highest BCUT2D eigenvalue weighted by molar-refractivity contribution is 5.40. The molecule has 23 heavy (non-hydrogen) atoms. The van der Waals surface area contributed by atoms with Crippen LogP contribution in [0.2, 0.25) is 0 Å². The molecule has 1 atom stereocenters. The van der Waals surface area contributed by atoms with E-state index in [0.29, 0.717) is 18.3 Å². The van der Waals surface area contributed by atoms with E-state index in [0.717, 1.165) is 37.4 Å². The van der Waals surface area contributed by atoms with Crippen molar-refractivity contribution >= 4 is 5.82 Å². The van der Waals surface area contributed by atoms with Crippen molar-refractivity contribution in [1.29, 1.82) is 0 Å². The molecule has 0 bridgehead atoms. The molecular formula is C16H23N5O2. The molecule has 0 saturated carbocycles. The third-order valence-electron chi connectivity index (χ3n) is 4.27. The second kappa shape index (κ2) is 7.06. The first kappa shape index (κ1) is 15.9. The number of nitrogens with zero attached hydrogens (tertiary/aromatic N) is 4. The summed E-state index contributed by atoms with van der Waals surface area (Å²) in [5.74, 6) is 2.53. The van der Waals surface area contributed by atoms with Crippen LogP contribution in [0.25, 0.3) is 0 Å². The fourth-order valence-corrected chi connectivity index (χ4v) is 3.07. The molecule has 1 aliphatic heterocycles. The third kappa shape index (κ3) is 3.68. The molecule has 1 saturated heterocycles. The lowest BCUT2D eigenvalue weighted by Crippen LogP contribution is -2.36. The molecule has 0 spiro atoms. The minimum Gasteiger partial charge on any atom is -0.385 e. The maximum atomic E-state index is 10.4. The molecular weight excluding hydrogens is 294 g/mol. The Kier molecular flexibility index (Phi) is 4.88. The molecule has 7 heteroatoms. The number of aliphatic hydroxyl groups is 1. The third-order valence-corrected chi connectivity index (χ3v) is 4.27. The van der Waals surface area contributed by atoms with E-state index in [1.807, 2.05) is 13.0 Å². The Bertz CT molecular complexity index is 623. The van der Waals surface area contributed by atoms with Gasteiger partial charge in [0.05, 0.1) is 0 Å². The van der Waals surface area contributed by atoms with Crippen molar-refractivity contribution in [2.45, 2.75) is 32.5 Å². The van der Waals surface area contributed by atoms with Crippen molar-refractivity contribution in [3.63, 3.8) is 0 Å². The lowest BCUT2D eigenvalue weighted by atomic mass is 9.91. The number of aliphatic hydroxyl groups excluding tert-OH is 1. The average molecular weight is 317 g/mol. The lowest BCUT2D eigenvalue weighted by molar-refractivity contribution is 0.0856. The number of aromatic amines is 1. The number of methoxy groups -OCH3 is 1. The molecule has 124 valence electrons. The topological polar surface area (TPSA) is 87.2 Å². The SMILES string of the molecule is COCc1nc(C)cc(N2CCC(C(O)c3ncc[nH]3)CC2)n1. The summed E-state index contributed by atoms with van der Waals surface area (Å²) < 4.78 is 5.13. The largest absolute Gasteiger partial charge is 0.385 e. The van der Waals surface area contributed by atoms with E-state index >= 15 is 0 Å². The fourth-order valence-electron chi connectivity index (χ4n) is 3.07. The number of imidazole rings is 1. The van der Waals surface area contributed by atoms with Crippen LogP contribution >= 0.6 is 0 Å². The number of anilines is 1. The highest BCUT2D eigenvalue weighted by Gasteiger charge is 2.28. The molecule has 3 heterocycles. The number of rotatable bonds is 5. The maximum absolute atomic E-state index is 10.4. The van der Waals surface area contributed by atoms with Crippen molar-refractivity contribution in [3.05, 3.63) is 35.8 Å². The van der Waals surface area contributed by atoms with Crippen molar-refractivity contribution in [2.24, 2.45) is 5.92 Å². The second-order valence-corrected chi connectivity index (χ2v) is 5.96. The second-order valence-electron chi connectivity index (χ2n) is 5.96. The number of ether oxygens (including phenoxy) is 1. The Balaban J connectivity index is 1.65. The van der Waals surface area contributed by atoms with E-state index in [1.165, 1.54) is 0 Å². The summed E-state index contributed by atoms with van der Waals surface area (Å²) in [5.41, 5.74) is 0.944. The zero-order chi connectivity index (χ0) is 16.2. The summed E-state index contributed by atoms with van der Waals surface area (Å²) >= 11 is 0. The van der Waals surface area contributed by atoms with Gasteiger partial charge in [0.15, 0.2) is 5.82 Å². The fraction of sp³-hybridized carbons (Fsp3) is 0.562. The van der Waals surface area contributed by atoms with Gasteiger partial charge in [0, 0.05) is 44.4 Å². The van der Waals surface area contributed by atoms with Crippen LogP contribution < -0.4 is 4.90 Å². The average Bonchev–Trinajstić information content (AvgIpc) is 3.08. The van der Waals surface area contributed by atoms with Crippen molar-refractivity contribution in [3.8, 4) is 0 Å². The van der Waals surface area contributed by atoms with Gasteiger partial charge in [0.25, 0.3) is 0 Å². The van der Waals surface area contributed by atoms with E-state index in [-0.39, 0.29) is 5.92 Å². The van der Waals surface area contributed by atoms with Crippen LogP contribution in [0.3, 0.4) is 0 Å². The summed E-state index contributed by atoms with van der Waals surface area (Å²) in [6, 6.07) is 2.00. The van der Waals surface area contributed by atoms with Crippen molar-refractivity contribution in [1.82, 2.24) is 19.9 Å². The number of aryl methyl sites for hydroxylation is 1. The van der Waals surface area contributed by atoms with Crippen LogP contribution in [-0.2, 0) is 11.3 Å². The monoisotopic (exact) mass is 317 g/mol. The molecule has 1 unspecified atom stereocenters. The first-order valence-electron chi connectivity index (χ1n) is 7.93. The van der Waals surface area contributed by atoms with Crippen LogP contribution in [-0.4, -0.2) is 45.2 Å². The Hall–Kier alpha value is -1.99. The molecule has 0 aromatic carbocycles. The molecule has 0 amide bonds. The van der Waals surface area contributed by atoms with Crippen LogP contribution in [0.5, 0.6) is 0 Å². The summed E-state index contributed by atoms with van der Waals surface area (Å²) in [7, 11) is 1.65. The van der Waals surface area contributed by atoms with Crippen LogP contribution in [0.4, 0.5) is 5.82 Å². The molecule has 0 radical (unpaired) electrons. The maximum Gasteiger partial charge on any atom is 0.156 e. The standard InChI is InChI=1S/C16H23N5O2/c1-11-9-14(20-13(19-11)10-23-2)21-7-3-12(4-8-21)15(22)16-17-5-6-18-16/h5-6,9,12,15,22H,3-4,7-8,10H2,1-2H3,(H,17,18). The van der Waals surface area contributed by atoms with Gasteiger partial charge in [-0.1, -0.05) is 0 Å². The van der Waals surface area contributed by atoms with Gasteiger partial charge < -0.3 is 19.7 Å². The van der Waals surface area contributed by atoms with Crippen LogP contribution in [0.15, 0.2) is 18.5 Å². The molecule has 2 aromatic rings. The van der Waals surface area contributed by atoms with Crippen molar-refractivity contribution in [2.75, 3.05) is 25.1 Å². The Morgan fingerprint density at radius 3 is 2.83 bits per heavy atom. The first-order chi connectivity index (χ1) is 11.2. The van der Waals surface area contributed by atoms with E-state index in [9.17, 15) is 5.11 Å². The smallest absolute Gasteiger partial charge is 0.156 e. The first-order valence-corrected chi connectivity index (χ1v) is 7.93. The lowest BCUT2D eigenvalue weighted by Gasteiger charge is -2.34. The number of nitrogens with one attached hydrogen (secondary N) is 1. The number of hydrogen-bond donors (Lipinski definition) is 2.